The Hall–Kier alpha value is -3.13. The maximum atomic E-state index is 11.8. The van der Waals surface area contributed by atoms with Crippen LogP contribution < -0.4 is 10.9 Å². The highest BCUT2D eigenvalue weighted by Crippen LogP contribution is 2.32. The molecule has 2 aromatic rings. The van der Waals surface area contributed by atoms with Crippen LogP contribution in [0.15, 0.2) is 63.1 Å². The van der Waals surface area contributed by atoms with Crippen LogP contribution in [0.3, 0.4) is 0 Å². The lowest BCUT2D eigenvalue weighted by Gasteiger charge is -2.15. The summed E-state index contributed by atoms with van der Waals surface area (Å²) in [7, 11) is 0. The predicted octanol–water partition coefficient (Wildman–Crippen LogP) is 3.39. The molecule has 1 aliphatic rings. The van der Waals surface area contributed by atoms with Crippen molar-refractivity contribution >= 4 is 44.4 Å². The molecular weight excluding hydrogens is 430 g/mol. The highest BCUT2D eigenvalue weighted by Gasteiger charge is 2.20. The van der Waals surface area contributed by atoms with E-state index in [4.69, 9.17) is 4.42 Å². The van der Waals surface area contributed by atoms with Gasteiger partial charge in [0.15, 0.2) is 0 Å². The Morgan fingerprint density at radius 1 is 1.11 bits per heavy atom. The Morgan fingerprint density at radius 2 is 1.86 bits per heavy atom. The molecule has 28 heavy (non-hydrogen) atoms. The third-order valence-corrected chi connectivity index (χ3v) is 4.85. The molecule has 2 heterocycles. The number of rotatable bonds is 6. The van der Waals surface area contributed by atoms with Crippen molar-refractivity contribution in [3.63, 3.8) is 0 Å². The summed E-state index contributed by atoms with van der Waals surface area (Å²) in [6, 6.07) is 6.66. The van der Waals surface area contributed by atoms with Crippen LogP contribution in [0.5, 0.6) is 0 Å². The molecule has 8 heteroatoms. The average molecular weight is 446 g/mol. The van der Waals surface area contributed by atoms with Crippen molar-refractivity contribution in [1.82, 2.24) is 5.32 Å². The van der Waals surface area contributed by atoms with Crippen molar-refractivity contribution in [2.75, 3.05) is 0 Å². The van der Waals surface area contributed by atoms with E-state index in [0.29, 0.717) is 33.3 Å². The predicted molar refractivity (Wildman–Crippen MR) is 107 cm³/mol. The summed E-state index contributed by atoms with van der Waals surface area (Å²) < 4.78 is 5.31. The second-order valence-corrected chi connectivity index (χ2v) is 6.68. The van der Waals surface area contributed by atoms with Gasteiger partial charge >= 0.3 is 17.6 Å². The normalized spacial score (nSPS) is 13.8. The average Bonchev–Trinajstić information content (AvgIpc) is 2.82. The van der Waals surface area contributed by atoms with Crippen LogP contribution in [0.4, 0.5) is 0 Å². The zero-order valence-electron chi connectivity index (χ0n) is 14.6. The summed E-state index contributed by atoms with van der Waals surface area (Å²) in [5.41, 5.74) is 2.49. The zero-order chi connectivity index (χ0) is 20.3. The molecule has 3 rings (SSSR count). The first-order valence-corrected chi connectivity index (χ1v) is 9.43. The minimum Gasteiger partial charge on any atom is -0.481 e. The molecule has 0 spiro atoms. The van der Waals surface area contributed by atoms with E-state index in [0.717, 1.165) is 10.9 Å². The van der Waals surface area contributed by atoms with E-state index >= 15 is 0 Å². The van der Waals surface area contributed by atoms with Gasteiger partial charge in [0.25, 0.3) is 0 Å². The van der Waals surface area contributed by atoms with Crippen LogP contribution in [0.1, 0.15) is 24.0 Å². The second kappa shape index (κ2) is 8.26. The molecule has 0 unspecified atom stereocenters. The Kier molecular flexibility index (Phi) is 5.79. The standard InChI is InChI=1S/C20H16BrNO6/c21-10-12-7-20(27)28-17-6-11(3-4-14(12)17)13-2-1-5-22-16(9-19(25)26)15(13)8-18(23)24/h1-7,22H,8-10H2,(H,23,24)(H,25,26). The lowest BCUT2D eigenvalue weighted by Crippen LogP contribution is -2.14. The number of alkyl halides is 1. The summed E-state index contributed by atoms with van der Waals surface area (Å²) in [5.74, 6) is -2.16. The molecule has 3 N–H and O–H groups in total. The molecule has 0 fully saturated rings. The van der Waals surface area contributed by atoms with E-state index in [9.17, 15) is 24.6 Å². The molecular formula is C20H16BrNO6. The van der Waals surface area contributed by atoms with Gasteiger partial charge in [0.05, 0.1) is 12.8 Å². The summed E-state index contributed by atoms with van der Waals surface area (Å²) in [6.07, 6.45) is 4.22. The van der Waals surface area contributed by atoms with Gasteiger partial charge in [0, 0.05) is 28.7 Å². The number of carboxylic acid groups (broad SMARTS) is 2. The largest absolute Gasteiger partial charge is 0.481 e. The molecule has 0 aliphatic carbocycles. The Labute approximate surface area is 167 Å². The smallest absolute Gasteiger partial charge is 0.336 e. The minimum atomic E-state index is -1.08. The molecule has 7 nitrogen and oxygen atoms in total. The van der Waals surface area contributed by atoms with Crippen LogP contribution in [0.2, 0.25) is 0 Å². The molecule has 1 aliphatic heterocycles. The van der Waals surface area contributed by atoms with Crippen molar-refractivity contribution in [3.05, 3.63) is 75.4 Å². The van der Waals surface area contributed by atoms with Gasteiger partial charge in [-0.2, -0.15) is 0 Å². The van der Waals surface area contributed by atoms with Gasteiger partial charge in [-0.3, -0.25) is 9.59 Å². The highest BCUT2D eigenvalue weighted by molar-refractivity contribution is 9.08. The van der Waals surface area contributed by atoms with Crippen LogP contribution in [0, 0.1) is 0 Å². The number of carbonyl (C=O) groups is 2. The van der Waals surface area contributed by atoms with Crippen LogP contribution in [-0.4, -0.2) is 22.2 Å². The number of carboxylic acids is 2. The summed E-state index contributed by atoms with van der Waals surface area (Å²) in [5, 5.41) is 22.6. The fourth-order valence-electron chi connectivity index (χ4n) is 3.08. The lowest BCUT2D eigenvalue weighted by atomic mass is 9.92. The molecule has 144 valence electrons. The first-order chi connectivity index (χ1) is 13.4. The van der Waals surface area contributed by atoms with Crippen molar-refractivity contribution in [2.45, 2.75) is 18.2 Å². The summed E-state index contributed by atoms with van der Waals surface area (Å²) in [4.78, 5) is 34.4. The molecule has 0 bridgehead atoms. The van der Waals surface area contributed by atoms with Gasteiger partial charge in [0.1, 0.15) is 5.58 Å². The van der Waals surface area contributed by atoms with E-state index in [2.05, 4.69) is 21.2 Å². The molecule has 0 saturated heterocycles. The van der Waals surface area contributed by atoms with Gasteiger partial charge in [-0.15, -0.1) is 0 Å². The summed E-state index contributed by atoms with van der Waals surface area (Å²) >= 11 is 3.35. The number of hydrogen-bond donors (Lipinski definition) is 3. The minimum absolute atomic E-state index is 0.297. The van der Waals surface area contributed by atoms with Gasteiger partial charge in [-0.05, 0) is 34.4 Å². The van der Waals surface area contributed by atoms with E-state index in [-0.39, 0.29) is 12.8 Å². The van der Waals surface area contributed by atoms with Crippen molar-refractivity contribution in [2.24, 2.45) is 0 Å². The Bertz CT molecular complexity index is 1110. The number of fused-ring (bicyclic) bond motifs is 1. The van der Waals surface area contributed by atoms with Crippen molar-refractivity contribution in [1.29, 1.82) is 0 Å². The highest BCUT2D eigenvalue weighted by atomic mass is 79.9. The van der Waals surface area contributed by atoms with Gasteiger partial charge in [0.2, 0.25) is 0 Å². The van der Waals surface area contributed by atoms with Crippen molar-refractivity contribution < 1.29 is 24.2 Å². The first kappa shape index (κ1) is 19.6. The number of nitrogens with one attached hydrogen (secondary N) is 1. The van der Waals surface area contributed by atoms with E-state index < -0.39 is 17.6 Å². The number of aliphatic carboxylic acids is 2. The SMILES string of the molecule is O=C(O)CC1=C(CC(=O)O)C(c2ccc3c(CBr)cc(=O)oc3c2)=CC=CN1. The third-order valence-electron chi connectivity index (χ3n) is 4.25. The fourth-order valence-corrected chi connectivity index (χ4v) is 3.55. The quantitative estimate of drug-likeness (QED) is 0.460. The number of hydrogen-bond acceptors (Lipinski definition) is 5. The maximum absolute atomic E-state index is 11.8. The molecule has 0 radical (unpaired) electrons. The molecule has 1 aromatic heterocycles. The molecule has 0 saturated carbocycles. The second-order valence-electron chi connectivity index (χ2n) is 6.12. The third kappa shape index (κ3) is 4.23. The number of halogens is 1. The van der Waals surface area contributed by atoms with Crippen LogP contribution >= 0.6 is 15.9 Å². The first-order valence-electron chi connectivity index (χ1n) is 8.31. The van der Waals surface area contributed by atoms with Gasteiger partial charge in [-0.1, -0.05) is 34.1 Å². The molecule has 0 amide bonds. The maximum Gasteiger partial charge on any atom is 0.336 e. The topological polar surface area (TPSA) is 117 Å². The Balaban J connectivity index is 2.19. The van der Waals surface area contributed by atoms with E-state index in [1.807, 2.05) is 0 Å². The zero-order valence-corrected chi connectivity index (χ0v) is 16.2. The Morgan fingerprint density at radius 3 is 2.54 bits per heavy atom. The summed E-state index contributed by atoms with van der Waals surface area (Å²) in [6.45, 7) is 0. The van der Waals surface area contributed by atoms with Crippen LogP contribution in [0.25, 0.3) is 16.5 Å². The monoisotopic (exact) mass is 445 g/mol. The molecule has 1 aromatic carbocycles. The molecule has 0 atom stereocenters. The lowest BCUT2D eigenvalue weighted by molar-refractivity contribution is -0.137. The van der Waals surface area contributed by atoms with E-state index in [1.54, 1.807) is 36.6 Å². The van der Waals surface area contributed by atoms with Crippen molar-refractivity contribution in [3.8, 4) is 0 Å². The van der Waals surface area contributed by atoms with Gasteiger partial charge < -0.3 is 19.9 Å². The number of benzene rings is 1. The van der Waals surface area contributed by atoms with Gasteiger partial charge in [-0.25, -0.2) is 4.79 Å². The number of allylic oxidation sites excluding steroid dienone is 3. The fraction of sp³-hybridized carbons (Fsp3) is 0.150. The van der Waals surface area contributed by atoms with Crippen LogP contribution in [-0.2, 0) is 14.9 Å². The van der Waals surface area contributed by atoms with E-state index in [1.165, 1.54) is 6.07 Å².